The molecular weight excluding hydrogens is 354 g/mol. The van der Waals surface area contributed by atoms with Gasteiger partial charge in [-0.2, -0.15) is 0 Å². The second-order valence-corrected chi connectivity index (χ2v) is 6.38. The van der Waals surface area contributed by atoms with Crippen LogP contribution >= 0.6 is 27.3 Å². The van der Waals surface area contributed by atoms with Gasteiger partial charge in [0.05, 0.1) is 0 Å². The van der Waals surface area contributed by atoms with Gasteiger partial charge in [-0.1, -0.05) is 46.7 Å². The van der Waals surface area contributed by atoms with Gasteiger partial charge in [-0.25, -0.2) is 0 Å². The Kier molecular flexibility index (Phi) is 6.13. The van der Waals surface area contributed by atoms with Crippen molar-refractivity contribution in [3.05, 3.63) is 33.7 Å². The lowest BCUT2D eigenvalue weighted by Gasteiger charge is -2.05. The van der Waals surface area contributed by atoms with Gasteiger partial charge in [0.15, 0.2) is 6.61 Å². The minimum Gasteiger partial charge on any atom is -0.484 e. The fourth-order valence-corrected chi connectivity index (χ4v) is 2.77. The number of halogens is 1. The van der Waals surface area contributed by atoms with Crippen LogP contribution in [-0.2, 0) is 11.2 Å². The minimum absolute atomic E-state index is 0.0552. The number of unbranched alkanes of at least 4 members (excludes halogenated alkanes) is 1. The number of hydrogen-bond acceptors (Lipinski definition) is 5. The number of nitrogens with zero attached hydrogens (tertiary/aromatic N) is 2. The van der Waals surface area contributed by atoms with E-state index in [1.54, 1.807) is 12.1 Å². The zero-order chi connectivity index (χ0) is 15.1. The molecule has 0 saturated heterocycles. The summed E-state index contributed by atoms with van der Waals surface area (Å²) in [6.45, 7) is 2.07. The van der Waals surface area contributed by atoms with Crippen molar-refractivity contribution in [2.45, 2.75) is 26.2 Å². The van der Waals surface area contributed by atoms with Gasteiger partial charge < -0.3 is 4.74 Å². The van der Waals surface area contributed by atoms with Crippen LogP contribution in [0.3, 0.4) is 0 Å². The van der Waals surface area contributed by atoms with E-state index < -0.39 is 0 Å². The molecule has 2 aromatic rings. The number of aromatic nitrogens is 2. The highest BCUT2D eigenvalue weighted by Crippen LogP contribution is 2.19. The fourth-order valence-electron chi connectivity index (χ4n) is 1.59. The van der Waals surface area contributed by atoms with E-state index in [0.29, 0.717) is 10.9 Å². The standard InChI is InChI=1S/C14H16BrN3O2S/c1-2-3-7-13-17-18-14(21-13)16-12(19)9-20-11-6-4-5-10(15)8-11/h4-6,8H,2-3,7,9H2,1H3,(H,16,18,19). The highest BCUT2D eigenvalue weighted by atomic mass is 79.9. The number of carbonyl (C=O) groups excluding carboxylic acids is 1. The predicted molar refractivity (Wildman–Crippen MR) is 86.8 cm³/mol. The van der Waals surface area contributed by atoms with Gasteiger partial charge in [-0.15, -0.1) is 10.2 Å². The zero-order valence-corrected chi connectivity index (χ0v) is 14.0. The number of anilines is 1. The van der Waals surface area contributed by atoms with Crippen LogP contribution in [0.4, 0.5) is 5.13 Å². The van der Waals surface area contributed by atoms with Crippen LogP contribution in [0.15, 0.2) is 28.7 Å². The number of ether oxygens (including phenoxy) is 1. The summed E-state index contributed by atoms with van der Waals surface area (Å²) in [4.78, 5) is 11.8. The van der Waals surface area contributed by atoms with E-state index in [-0.39, 0.29) is 12.5 Å². The molecular formula is C14H16BrN3O2S. The number of amides is 1. The van der Waals surface area contributed by atoms with Gasteiger partial charge in [-0.3, -0.25) is 10.1 Å². The Bertz CT molecular complexity index is 603. The van der Waals surface area contributed by atoms with E-state index in [1.807, 2.05) is 12.1 Å². The molecule has 1 aromatic carbocycles. The molecule has 0 fully saturated rings. The summed E-state index contributed by atoms with van der Waals surface area (Å²) < 4.78 is 6.31. The highest BCUT2D eigenvalue weighted by molar-refractivity contribution is 9.10. The van der Waals surface area contributed by atoms with Crippen molar-refractivity contribution < 1.29 is 9.53 Å². The average molecular weight is 370 g/mol. The maximum atomic E-state index is 11.8. The lowest BCUT2D eigenvalue weighted by molar-refractivity contribution is -0.118. The molecule has 0 radical (unpaired) electrons. The van der Waals surface area contributed by atoms with Crippen LogP contribution in [0.5, 0.6) is 5.75 Å². The fraction of sp³-hybridized carbons (Fsp3) is 0.357. The Hall–Kier alpha value is -1.47. The first-order valence-electron chi connectivity index (χ1n) is 6.68. The van der Waals surface area contributed by atoms with Crippen molar-refractivity contribution in [3.63, 3.8) is 0 Å². The van der Waals surface area contributed by atoms with E-state index in [0.717, 1.165) is 28.7 Å². The first-order valence-corrected chi connectivity index (χ1v) is 8.29. The smallest absolute Gasteiger partial charge is 0.264 e. The number of carbonyl (C=O) groups is 1. The van der Waals surface area contributed by atoms with Crippen molar-refractivity contribution in [3.8, 4) is 5.75 Å². The summed E-state index contributed by atoms with van der Waals surface area (Å²) in [7, 11) is 0. The largest absolute Gasteiger partial charge is 0.484 e. The number of rotatable bonds is 7. The number of hydrogen-bond donors (Lipinski definition) is 1. The SMILES string of the molecule is CCCCc1nnc(NC(=O)COc2cccc(Br)c2)s1. The average Bonchev–Trinajstić information content (AvgIpc) is 2.90. The quantitative estimate of drug-likeness (QED) is 0.808. The molecule has 2 rings (SSSR count). The molecule has 5 nitrogen and oxygen atoms in total. The summed E-state index contributed by atoms with van der Waals surface area (Å²) in [5, 5.41) is 12.2. The van der Waals surface area contributed by atoms with Crippen LogP contribution in [0.25, 0.3) is 0 Å². The molecule has 0 aliphatic rings. The molecule has 21 heavy (non-hydrogen) atoms. The molecule has 1 amide bonds. The van der Waals surface area contributed by atoms with Gasteiger partial charge >= 0.3 is 0 Å². The van der Waals surface area contributed by atoms with E-state index >= 15 is 0 Å². The Labute approximate surface area is 135 Å². The molecule has 0 atom stereocenters. The molecule has 0 bridgehead atoms. The molecule has 0 spiro atoms. The molecule has 0 unspecified atom stereocenters. The van der Waals surface area contributed by atoms with Gasteiger partial charge in [0.25, 0.3) is 5.91 Å². The Balaban J connectivity index is 1.80. The Morgan fingerprint density at radius 2 is 2.29 bits per heavy atom. The molecule has 0 aliphatic heterocycles. The number of aryl methyl sites for hydroxylation is 1. The molecule has 112 valence electrons. The highest BCUT2D eigenvalue weighted by Gasteiger charge is 2.08. The zero-order valence-electron chi connectivity index (χ0n) is 11.6. The van der Waals surface area contributed by atoms with E-state index in [9.17, 15) is 4.79 Å². The number of benzene rings is 1. The lowest BCUT2D eigenvalue weighted by atomic mass is 10.3. The summed E-state index contributed by atoms with van der Waals surface area (Å²) in [5.41, 5.74) is 0. The normalized spacial score (nSPS) is 10.4. The molecule has 1 aromatic heterocycles. The predicted octanol–water partition coefficient (Wildman–Crippen LogP) is 3.66. The van der Waals surface area contributed by atoms with Crippen molar-refractivity contribution in [2.24, 2.45) is 0 Å². The van der Waals surface area contributed by atoms with Crippen LogP contribution in [0.1, 0.15) is 24.8 Å². The maximum Gasteiger partial charge on any atom is 0.264 e. The molecule has 7 heteroatoms. The topological polar surface area (TPSA) is 64.1 Å². The number of nitrogens with one attached hydrogen (secondary N) is 1. The van der Waals surface area contributed by atoms with Crippen LogP contribution in [0.2, 0.25) is 0 Å². The Morgan fingerprint density at radius 1 is 1.43 bits per heavy atom. The minimum atomic E-state index is -0.242. The van der Waals surface area contributed by atoms with Gasteiger partial charge in [0.1, 0.15) is 10.8 Å². The van der Waals surface area contributed by atoms with Crippen molar-refractivity contribution >= 4 is 38.3 Å². The van der Waals surface area contributed by atoms with Gasteiger partial charge in [0.2, 0.25) is 5.13 Å². The third-order valence-corrected chi connectivity index (χ3v) is 4.02. The third kappa shape index (κ3) is 5.43. The van der Waals surface area contributed by atoms with Crippen molar-refractivity contribution in [1.82, 2.24) is 10.2 Å². The van der Waals surface area contributed by atoms with E-state index in [4.69, 9.17) is 4.74 Å². The molecule has 0 aliphatic carbocycles. The maximum absolute atomic E-state index is 11.8. The Morgan fingerprint density at radius 3 is 3.05 bits per heavy atom. The van der Waals surface area contributed by atoms with E-state index in [1.165, 1.54) is 11.3 Å². The second kappa shape index (κ2) is 8.09. The first-order chi connectivity index (χ1) is 10.2. The molecule has 0 saturated carbocycles. The van der Waals surface area contributed by atoms with Crippen molar-refractivity contribution in [2.75, 3.05) is 11.9 Å². The summed E-state index contributed by atoms with van der Waals surface area (Å²) in [5.74, 6) is 0.397. The van der Waals surface area contributed by atoms with E-state index in [2.05, 4.69) is 38.4 Å². The van der Waals surface area contributed by atoms with Crippen LogP contribution < -0.4 is 10.1 Å². The van der Waals surface area contributed by atoms with Gasteiger partial charge in [0, 0.05) is 10.9 Å². The third-order valence-electron chi connectivity index (χ3n) is 2.62. The first kappa shape index (κ1) is 15.9. The summed E-state index contributed by atoms with van der Waals surface area (Å²) >= 11 is 4.76. The monoisotopic (exact) mass is 369 g/mol. The second-order valence-electron chi connectivity index (χ2n) is 4.40. The van der Waals surface area contributed by atoms with Crippen LogP contribution in [-0.4, -0.2) is 22.7 Å². The van der Waals surface area contributed by atoms with Gasteiger partial charge in [-0.05, 0) is 24.6 Å². The lowest BCUT2D eigenvalue weighted by Crippen LogP contribution is -2.20. The summed E-state index contributed by atoms with van der Waals surface area (Å²) in [6, 6.07) is 7.35. The molecule has 1 heterocycles. The summed E-state index contributed by atoms with van der Waals surface area (Å²) in [6.07, 6.45) is 3.09. The van der Waals surface area contributed by atoms with Crippen molar-refractivity contribution in [1.29, 1.82) is 0 Å². The molecule has 1 N–H and O–H groups in total. The van der Waals surface area contributed by atoms with Crippen LogP contribution in [0, 0.1) is 0 Å².